The maximum Gasteiger partial charge on any atom is 0.319 e. The molecule has 2 rings (SSSR count). The van der Waals surface area contributed by atoms with Gasteiger partial charge in [0.15, 0.2) is 0 Å². The number of hydrogen-bond donors (Lipinski definition) is 2. The predicted molar refractivity (Wildman–Crippen MR) is 84.2 cm³/mol. The van der Waals surface area contributed by atoms with Gasteiger partial charge < -0.3 is 10.6 Å². The molecular weight excluding hydrogens is 264 g/mol. The van der Waals surface area contributed by atoms with E-state index >= 15 is 0 Å². The maximum absolute atomic E-state index is 12.2. The third-order valence-corrected chi connectivity index (χ3v) is 4.18. The van der Waals surface area contributed by atoms with Crippen LogP contribution in [0.2, 0.25) is 0 Å². The Morgan fingerprint density at radius 3 is 2.10 bits per heavy atom. The molecule has 0 heterocycles. The first-order valence-corrected chi connectivity index (χ1v) is 7.35. The molecule has 4 nitrogen and oxygen atoms in total. The van der Waals surface area contributed by atoms with Crippen molar-refractivity contribution in [2.24, 2.45) is 10.8 Å². The van der Waals surface area contributed by atoms with Gasteiger partial charge in [0, 0.05) is 24.6 Å². The summed E-state index contributed by atoms with van der Waals surface area (Å²) in [5.41, 5.74) is 0.275. The Balaban J connectivity index is 2.09. The number of nitrogens with one attached hydrogen (secondary N) is 2. The lowest BCUT2D eigenvalue weighted by Crippen LogP contribution is -2.58. The Hall–Kier alpha value is -1.84. The van der Waals surface area contributed by atoms with Crippen molar-refractivity contribution >= 4 is 17.5 Å². The molecule has 1 aromatic rings. The molecule has 0 unspecified atom stereocenters. The topological polar surface area (TPSA) is 58.2 Å². The molecule has 1 aliphatic rings. The molecule has 0 bridgehead atoms. The lowest BCUT2D eigenvalue weighted by Gasteiger charge is -2.48. The van der Waals surface area contributed by atoms with Crippen LogP contribution >= 0.6 is 0 Å². The lowest BCUT2D eigenvalue weighted by molar-refractivity contribution is -0.128. The van der Waals surface area contributed by atoms with Crippen LogP contribution < -0.4 is 10.6 Å². The molecule has 0 atom stereocenters. The summed E-state index contributed by atoms with van der Waals surface area (Å²) in [6.07, 6.45) is 1.01. The van der Waals surface area contributed by atoms with E-state index in [1.807, 2.05) is 58.0 Å². The standard InChI is InChI=1S/C17H24N2O2/c1-16(2)10-13(20)11-17(3,4)14(16)19-15(21)18-12-8-6-5-7-9-12/h5-9,14H,10-11H2,1-4H3,(H2,18,19,21). The summed E-state index contributed by atoms with van der Waals surface area (Å²) in [6.45, 7) is 8.16. The van der Waals surface area contributed by atoms with Crippen LogP contribution in [-0.2, 0) is 4.79 Å². The lowest BCUT2D eigenvalue weighted by atomic mass is 9.61. The van der Waals surface area contributed by atoms with Crippen molar-refractivity contribution in [2.75, 3.05) is 5.32 Å². The highest BCUT2D eigenvalue weighted by atomic mass is 16.2. The number of urea groups is 1. The van der Waals surface area contributed by atoms with Gasteiger partial charge >= 0.3 is 6.03 Å². The van der Waals surface area contributed by atoms with E-state index in [2.05, 4.69) is 10.6 Å². The molecule has 0 aliphatic heterocycles. The Bertz CT molecular complexity index is 515. The quantitative estimate of drug-likeness (QED) is 0.873. The summed E-state index contributed by atoms with van der Waals surface area (Å²) in [7, 11) is 0. The second kappa shape index (κ2) is 5.51. The van der Waals surface area contributed by atoms with E-state index in [1.54, 1.807) is 0 Å². The molecule has 0 saturated heterocycles. The van der Waals surface area contributed by atoms with Crippen LogP contribution in [-0.4, -0.2) is 17.9 Å². The molecular formula is C17H24N2O2. The Labute approximate surface area is 126 Å². The zero-order valence-corrected chi connectivity index (χ0v) is 13.2. The molecule has 114 valence electrons. The van der Waals surface area contributed by atoms with Crippen molar-refractivity contribution < 1.29 is 9.59 Å². The highest BCUT2D eigenvalue weighted by Gasteiger charge is 2.47. The summed E-state index contributed by atoms with van der Waals surface area (Å²) in [4.78, 5) is 24.1. The van der Waals surface area contributed by atoms with Crippen LogP contribution in [0.4, 0.5) is 10.5 Å². The third kappa shape index (κ3) is 3.63. The Morgan fingerprint density at radius 2 is 1.57 bits per heavy atom. The van der Waals surface area contributed by atoms with Crippen LogP contribution in [0.15, 0.2) is 30.3 Å². The van der Waals surface area contributed by atoms with Gasteiger partial charge in [0.2, 0.25) is 0 Å². The summed E-state index contributed by atoms with van der Waals surface area (Å²) in [5, 5.41) is 5.91. The summed E-state index contributed by atoms with van der Waals surface area (Å²) in [5.74, 6) is 0.270. The van der Waals surface area contributed by atoms with Gasteiger partial charge in [-0.05, 0) is 23.0 Å². The Morgan fingerprint density at radius 1 is 1.05 bits per heavy atom. The van der Waals surface area contributed by atoms with Gasteiger partial charge in [0.05, 0.1) is 0 Å². The first-order chi connectivity index (χ1) is 9.71. The summed E-state index contributed by atoms with van der Waals surface area (Å²) < 4.78 is 0. The second-order valence-corrected chi connectivity index (χ2v) is 7.27. The zero-order chi connectivity index (χ0) is 15.7. The molecule has 21 heavy (non-hydrogen) atoms. The van der Waals surface area contributed by atoms with E-state index in [1.165, 1.54) is 0 Å². The van der Waals surface area contributed by atoms with Crippen molar-refractivity contribution in [1.82, 2.24) is 5.32 Å². The molecule has 1 aromatic carbocycles. The average molecular weight is 288 g/mol. The fourth-order valence-electron chi connectivity index (χ4n) is 3.55. The molecule has 4 heteroatoms. The fourth-order valence-corrected chi connectivity index (χ4v) is 3.55. The average Bonchev–Trinajstić information content (AvgIpc) is 2.34. The van der Waals surface area contributed by atoms with Crippen LogP contribution in [0.5, 0.6) is 0 Å². The molecule has 2 N–H and O–H groups in total. The van der Waals surface area contributed by atoms with Gasteiger partial charge in [-0.2, -0.15) is 0 Å². The minimum absolute atomic E-state index is 0.0496. The maximum atomic E-state index is 12.2. The minimum Gasteiger partial charge on any atom is -0.334 e. The third-order valence-electron chi connectivity index (χ3n) is 4.18. The second-order valence-electron chi connectivity index (χ2n) is 7.27. The van der Waals surface area contributed by atoms with Gasteiger partial charge in [-0.1, -0.05) is 45.9 Å². The molecule has 1 fully saturated rings. The summed E-state index contributed by atoms with van der Waals surface area (Å²) in [6, 6.07) is 9.08. The van der Waals surface area contributed by atoms with Gasteiger partial charge in [-0.25, -0.2) is 4.79 Å². The van der Waals surface area contributed by atoms with Crippen LogP contribution in [0, 0.1) is 10.8 Å². The number of anilines is 1. The highest BCUT2D eigenvalue weighted by Crippen LogP contribution is 2.44. The summed E-state index contributed by atoms with van der Waals surface area (Å²) >= 11 is 0. The number of carbonyl (C=O) groups excluding carboxylic acids is 2. The number of rotatable bonds is 2. The number of para-hydroxylation sites is 1. The minimum atomic E-state index is -0.243. The smallest absolute Gasteiger partial charge is 0.319 e. The van der Waals surface area contributed by atoms with E-state index in [4.69, 9.17) is 0 Å². The largest absolute Gasteiger partial charge is 0.334 e. The first-order valence-electron chi connectivity index (χ1n) is 7.35. The van der Waals surface area contributed by atoms with Crippen molar-refractivity contribution in [3.63, 3.8) is 0 Å². The molecule has 1 aliphatic carbocycles. The van der Waals surface area contributed by atoms with E-state index in [-0.39, 0.29) is 28.7 Å². The van der Waals surface area contributed by atoms with E-state index < -0.39 is 0 Å². The normalized spacial score (nSPS) is 20.9. The molecule has 2 amide bonds. The van der Waals surface area contributed by atoms with E-state index in [0.717, 1.165) is 5.69 Å². The number of Topliss-reactive ketones (excluding diaryl/α,β-unsaturated/α-hetero) is 1. The number of hydrogen-bond acceptors (Lipinski definition) is 2. The SMILES string of the molecule is CC1(C)CC(=O)CC(C)(C)C1NC(=O)Nc1ccccc1. The Kier molecular flexibility index (Phi) is 4.08. The zero-order valence-electron chi connectivity index (χ0n) is 13.2. The van der Waals surface area contributed by atoms with E-state index in [9.17, 15) is 9.59 Å². The van der Waals surface area contributed by atoms with Gasteiger partial charge in [0.25, 0.3) is 0 Å². The molecule has 0 aromatic heterocycles. The number of carbonyl (C=O) groups is 2. The van der Waals surface area contributed by atoms with Crippen molar-refractivity contribution in [2.45, 2.75) is 46.6 Å². The van der Waals surface area contributed by atoms with E-state index in [0.29, 0.717) is 12.8 Å². The molecule has 0 radical (unpaired) electrons. The predicted octanol–water partition coefficient (Wildman–Crippen LogP) is 3.59. The monoisotopic (exact) mass is 288 g/mol. The first kappa shape index (κ1) is 15.5. The number of amides is 2. The van der Waals surface area contributed by atoms with Crippen molar-refractivity contribution in [3.05, 3.63) is 30.3 Å². The molecule has 0 spiro atoms. The number of benzene rings is 1. The van der Waals surface area contributed by atoms with Gasteiger partial charge in [-0.15, -0.1) is 0 Å². The fraction of sp³-hybridized carbons (Fsp3) is 0.529. The highest BCUT2D eigenvalue weighted by molar-refractivity contribution is 5.90. The van der Waals surface area contributed by atoms with Gasteiger partial charge in [-0.3, -0.25) is 4.79 Å². The van der Waals surface area contributed by atoms with Crippen molar-refractivity contribution in [1.29, 1.82) is 0 Å². The van der Waals surface area contributed by atoms with Crippen LogP contribution in [0.1, 0.15) is 40.5 Å². The van der Waals surface area contributed by atoms with Crippen LogP contribution in [0.25, 0.3) is 0 Å². The molecule has 1 saturated carbocycles. The van der Waals surface area contributed by atoms with Gasteiger partial charge in [0.1, 0.15) is 5.78 Å². The van der Waals surface area contributed by atoms with Crippen LogP contribution in [0.3, 0.4) is 0 Å². The number of ketones is 1. The van der Waals surface area contributed by atoms with Crippen molar-refractivity contribution in [3.8, 4) is 0 Å².